The first-order valence-electron chi connectivity index (χ1n) is 9.14. The number of aromatic amines is 1. The van der Waals surface area contributed by atoms with E-state index in [1.54, 1.807) is 13.1 Å². The molecule has 1 aliphatic carbocycles. The van der Waals surface area contributed by atoms with Gasteiger partial charge in [0, 0.05) is 11.3 Å². The average molecular weight is 429 g/mol. The molecule has 2 heterocycles. The quantitative estimate of drug-likeness (QED) is 0.472. The number of hydrogen-bond acceptors (Lipinski definition) is 5. The molecule has 0 spiro atoms. The van der Waals surface area contributed by atoms with Crippen LogP contribution in [0, 0.1) is 18.7 Å². The van der Waals surface area contributed by atoms with Gasteiger partial charge < -0.3 is 9.87 Å². The van der Waals surface area contributed by atoms with E-state index >= 15 is 4.39 Å². The molecule has 0 bridgehead atoms. The Hall–Kier alpha value is -2.49. The van der Waals surface area contributed by atoms with Crippen molar-refractivity contribution >= 4 is 54.7 Å². The largest absolute Gasteiger partial charge is 0.612 e. The lowest BCUT2D eigenvalue weighted by atomic mass is 9.96. The van der Waals surface area contributed by atoms with Gasteiger partial charge in [-0.05, 0) is 59.8 Å². The fraction of sp³-hybridized carbons (Fsp3) is 0.250. The minimum atomic E-state index is -1.49. The zero-order valence-electron chi connectivity index (χ0n) is 15.7. The van der Waals surface area contributed by atoms with Crippen molar-refractivity contribution in [3.8, 4) is 11.1 Å². The molecule has 1 amide bonds. The molecule has 0 saturated heterocycles. The molecule has 2 aromatic carbocycles. The maximum atomic E-state index is 15.1. The Kier molecular flexibility index (Phi) is 4.34. The van der Waals surface area contributed by atoms with E-state index in [0.717, 1.165) is 34.0 Å². The molecule has 1 atom stereocenters. The highest BCUT2D eigenvalue weighted by Gasteiger charge is 2.30. The third-order valence-electron chi connectivity index (χ3n) is 5.18. The molecule has 1 aliphatic rings. The van der Waals surface area contributed by atoms with Crippen molar-refractivity contribution in [2.75, 3.05) is 11.6 Å². The summed E-state index contributed by atoms with van der Waals surface area (Å²) in [6, 6.07) is 5.69. The topological polar surface area (TPSA) is 93.7 Å². The minimum Gasteiger partial charge on any atom is -0.612 e. The molecule has 1 saturated carbocycles. The van der Waals surface area contributed by atoms with Gasteiger partial charge in [0.05, 0.1) is 16.4 Å². The molecule has 2 N–H and O–H groups in total. The lowest BCUT2D eigenvalue weighted by Crippen LogP contribution is -2.12. The number of fused-ring (bicyclic) bond motifs is 2. The Bertz CT molecular complexity index is 1280. The molecule has 5 rings (SSSR count). The first-order valence-corrected chi connectivity index (χ1v) is 11.5. The molecule has 2 aromatic heterocycles. The number of halogens is 1. The third-order valence-corrected chi connectivity index (χ3v) is 7.07. The van der Waals surface area contributed by atoms with Gasteiger partial charge in [0.25, 0.3) is 0 Å². The zero-order chi connectivity index (χ0) is 20.3. The summed E-state index contributed by atoms with van der Waals surface area (Å²) in [6.07, 6.45) is 4.96. The minimum absolute atomic E-state index is 0.0189. The van der Waals surface area contributed by atoms with Gasteiger partial charge in [0.2, 0.25) is 10.8 Å². The van der Waals surface area contributed by atoms with Crippen LogP contribution in [0.5, 0.6) is 0 Å². The van der Waals surface area contributed by atoms with Crippen LogP contribution in [0.25, 0.3) is 32.2 Å². The summed E-state index contributed by atoms with van der Waals surface area (Å²) in [6.45, 7) is 1.69. The van der Waals surface area contributed by atoms with Gasteiger partial charge in [-0.3, -0.25) is 9.89 Å². The van der Waals surface area contributed by atoms with Gasteiger partial charge in [-0.15, -0.1) is 0 Å². The Morgan fingerprint density at radius 1 is 1.41 bits per heavy atom. The van der Waals surface area contributed by atoms with Gasteiger partial charge in [-0.1, -0.05) is 17.4 Å². The maximum Gasteiger partial charge on any atom is 0.229 e. The van der Waals surface area contributed by atoms with Crippen molar-refractivity contribution < 1.29 is 13.7 Å². The van der Waals surface area contributed by atoms with E-state index in [1.165, 1.54) is 17.6 Å². The maximum absolute atomic E-state index is 15.1. The molecular weight excluding hydrogens is 411 g/mol. The number of amides is 1. The molecule has 9 heteroatoms. The number of nitrogens with zero attached hydrogens (tertiary/aromatic N) is 2. The normalized spacial score (nSPS) is 15.2. The summed E-state index contributed by atoms with van der Waals surface area (Å²) >= 11 is -0.0901. The van der Waals surface area contributed by atoms with Crippen LogP contribution in [0.4, 0.5) is 9.52 Å². The molecule has 1 fully saturated rings. The first-order chi connectivity index (χ1) is 13.9. The van der Waals surface area contributed by atoms with Crippen LogP contribution >= 0.6 is 11.3 Å². The van der Waals surface area contributed by atoms with Crippen molar-refractivity contribution in [1.29, 1.82) is 0 Å². The first kappa shape index (κ1) is 18.5. The molecular formula is C20H17FN4O2S2. The average Bonchev–Trinajstić information content (AvgIpc) is 3.30. The van der Waals surface area contributed by atoms with Crippen LogP contribution in [0.2, 0.25) is 0 Å². The summed E-state index contributed by atoms with van der Waals surface area (Å²) in [5.74, 6) is -0.356. The number of anilines is 1. The van der Waals surface area contributed by atoms with Crippen molar-refractivity contribution in [2.45, 2.75) is 24.7 Å². The lowest BCUT2D eigenvalue weighted by Gasteiger charge is -2.13. The third kappa shape index (κ3) is 3.09. The monoisotopic (exact) mass is 428 g/mol. The van der Waals surface area contributed by atoms with E-state index in [0.29, 0.717) is 21.8 Å². The highest BCUT2D eigenvalue weighted by molar-refractivity contribution is 7.91. The molecule has 29 heavy (non-hydrogen) atoms. The van der Waals surface area contributed by atoms with Crippen LogP contribution < -0.4 is 5.32 Å². The van der Waals surface area contributed by atoms with Crippen molar-refractivity contribution in [3.63, 3.8) is 0 Å². The van der Waals surface area contributed by atoms with Crippen molar-refractivity contribution in [2.24, 2.45) is 5.92 Å². The highest BCUT2D eigenvalue weighted by Crippen LogP contribution is 2.39. The summed E-state index contributed by atoms with van der Waals surface area (Å²) in [7, 11) is 0. The van der Waals surface area contributed by atoms with Gasteiger partial charge in [0.1, 0.15) is 11.8 Å². The lowest BCUT2D eigenvalue weighted by molar-refractivity contribution is -0.117. The number of hydrogen-bond donors (Lipinski definition) is 2. The highest BCUT2D eigenvalue weighted by atomic mass is 32.2. The number of carbonyl (C=O) groups is 1. The van der Waals surface area contributed by atoms with E-state index in [1.807, 2.05) is 18.2 Å². The smallest absolute Gasteiger partial charge is 0.229 e. The Labute approximate surface area is 172 Å². The van der Waals surface area contributed by atoms with E-state index in [-0.39, 0.29) is 16.7 Å². The molecule has 6 nitrogen and oxygen atoms in total. The van der Waals surface area contributed by atoms with Gasteiger partial charge in [-0.25, -0.2) is 9.37 Å². The summed E-state index contributed by atoms with van der Waals surface area (Å²) in [5, 5.41) is 11.0. The molecule has 1 unspecified atom stereocenters. The number of benzene rings is 2. The van der Waals surface area contributed by atoms with Crippen LogP contribution in [-0.2, 0) is 16.0 Å². The predicted octanol–water partition coefficient (Wildman–Crippen LogP) is 4.37. The fourth-order valence-electron chi connectivity index (χ4n) is 3.57. The molecule has 0 aliphatic heterocycles. The van der Waals surface area contributed by atoms with Crippen LogP contribution in [0.3, 0.4) is 0 Å². The standard InChI is InChI=1S/C20H17FN4O2S2/c1-9-15(12-8-22-25-17(12)18(16(9)21)29(2)27)11-5-6-13-14(7-11)28-20(23-13)24-19(26)10-3-4-10/h5-8,10H,3-4H2,1-2H3,(H,22,25)(H,23,24,26). The SMILES string of the molecule is Cc1c(F)c([S+](C)[O-])c2[nH]ncc2c1-c1ccc2nc(NC(=O)C3CC3)sc2c1. The molecule has 4 aromatic rings. The second-order valence-corrected chi connectivity index (χ2v) is 9.57. The number of H-pyrrole nitrogens is 1. The number of carbonyl (C=O) groups excluding carboxylic acids is 1. The number of thiazole rings is 1. The zero-order valence-corrected chi connectivity index (χ0v) is 17.3. The summed E-state index contributed by atoms with van der Waals surface area (Å²) in [5.41, 5.74) is 3.18. The van der Waals surface area contributed by atoms with Crippen LogP contribution in [0.1, 0.15) is 18.4 Å². The molecule has 148 valence electrons. The van der Waals surface area contributed by atoms with Gasteiger partial charge in [-0.2, -0.15) is 5.10 Å². The number of nitrogens with one attached hydrogen (secondary N) is 2. The second kappa shape index (κ2) is 6.79. The molecule has 0 radical (unpaired) electrons. The van der Waals surface area contributed by atoms with Gasteiger partial charge >= 0.3 is 0 Å². The number of rotatable bonds is 4. The van der Waals surface area contributed by atoms with E-state index in [2.05, 4.69) is 20.5 Å². The van der Waals surface area contributed by atoms with Crippen molar-refractivity contribution in [1.82, 2.24) is 15.2 Å². The Morgan fingerprint density at radius 3 is 2.93 bits per heavy atom. The Balaban J connectivity index is 1.63. The van der Waals surface area contributed by atoms with E-state index in [4.69, 9.17) is 0 Å². The van der Waals surface area contributed by atoms with E-state index < -0.39 is 17.0 Å². The second-order valence-electron chi connectivity index (χ2n) is 7.22. The fourth-order valence-corrected chi connectivity index (χ4v) is 5.33. The Morgan fingerprint density at radius 2 is 2.21 bits per heavy atom. The van der Waals surface area contributed by atoms with Crippen LogP contribution in [0.15, 0.2) is 29.3 Å². The van der Waals surface area contributed by atoms with E-state index in [9.17, 15) is 9.35 Å². The number of aromatic nitrogens is 3. The summed E-state index contributed by atoms with van der Waals surface area (Å²) < 4.78 is 28.0. The van der Waals surface area contributed by atoms with Crippen LogP contribution in [-0.4, -0.2) is 31.9 Å². The van der Waals surface area contributed by atoms with Crippen molar-refractivity contribution in [3.05, 3.63) is 35.8 Å². The van der Waals surface area contributed by atoms with Gasteiger partial charge in [0.15, 0.2) is 10.9 Å². The summed E-state index contributed by atoms with van der Waals surface area (Å²) in [4.78, 5) is 16.6. The predicted molar refractivity (Wildman–Crippen MR) is 113 cm³/mol.